The summed E-state index contributed by atoms with van der Waals surface area (Å²) >= 11 is 0. The van der Waals surface area contributed by atoms with E-state index >= 15 is 0 Å². The van der Waals surface area contributed by atoms with Crippen LogP contribution in [0.4, 0.5) is 5.69 Å². The summed E-state index contributed by atoms with van der Waals surface area (Å²) in [6, 6.07) is 4.43. The van der Waals surface area contributed by atoms with Gasteiger partial charge in [-0.1, -0.05) is 6.08 Å². The Hall–Kier alpha value is -1.57. The van der Waals surface area contributed by atoms with Crippen LogP contribution < -0.4 is 15.2 Å². The number of hydrogen-bond donors (Lipinski definition) is 2. The minimum atomic E-state index is -3.64. The maximum Gasteiger partial charge on any atom is 0.242 e. The Bertz CT molecular complexity index is 543. The standard InChI is InChI=1S/C13H20N2O4S/c1-3-4-8-19-9-7-15-20(16,17)13-6-5-11(18-2)10-12(13)14/h3,5-6,10,15H,1,4,7-9,14H2,2H3. The van der Waals surface area contributed by atoms with E-state index in [1.807, 2.05) is 0 Å². The van der Waals surface area contributed by atoms with Crippen molar-refractivity contribution in [3.8, 4) is 5.75 Å². The summed E-state index contributed by atoms with van der Waals surface area (Å²) in [7, 11) is -2.15. The van der Waals surface area contributed by atoms with Crippen molar-refractivity contribution < 1.29 is 17.9 Å². The van der Waals surface area contributed by atoms with Crippen LogP contribution >= 0.6 is 0 Å². The van der Waals surface area contributed by atoms with Gasteiger partial charge in [0.05, 0.1) is 26.0 Å². The molecule has 1 rings (SSSR count). The molecule has 7 heteroatoms. The van der Waals surface area contributed by atoms with Crippen molar-refractivity contribution >= 4 is 15.7 Å². The second-order valence-electron chi connectivity index (χ2n) is 3.99. The van der Waals surface area contributed by atoms with E-state index in [9.17, 15) is 8.42 Å². The molecular formula is C13H20N2O4S. The zero-order valence-electron chi connectivity index (χ0n) is 11.5. The molecule has 112 valence electrons. The van der Waals surface area contributed by atoms with E-state index in [-0.39, 0.29) is 17.1 Å². The van der Waals surface area contributed by atoms with Crippen LogP contribution in [0.15, 0.2) is 35.7 Å². The molecule has 0 unspecified atom stereocenters. The third-order valence-corrected chi connectivity index (χ3v) is 4.05. The van der Waals surface area contributed by atoms with Gasteiger partial charge in [0.1, 0.15) is 10.6 Å². The number of benzene rings is 1. The van der Waals surface area contributed by atoms with Gasteiger partial charge in [-0.2, -0.15) is 0 Å². The van der Waals surface area contributed by atoms with Crippen molar-refractivity contribution in [1.29, 1.82) is 0 Å². The summed E-state index contributed by atoms with van der Waals surface area (Å²) in [6.07, 6.45) is 2.47. The topological polar surface area (TPSA) is 90.6 Å². The highest BCUT2D eigenvalue weighted by atomic mass is 32.2. The second kappa shape index (κ2) is 7.88. The van der Waals surface area contributed by atoms with Gasteiger partial charge in [-0.15, -0.1) is 6.58 Å². The highest BCUT2D eigenvalue weighted by Crippen LogP contribution is 2.23. The molecule has 0 bridgehead atoms. The third kappa shape index (κ3) is 4.84. The summed E-state index contributed by atoms with van der Waals surface area (Å²) in [5.41, 5.74) is 5.85. The van der Waals surface area contributed by atoms with E-state index in [0.29, 0.717) is 19.0 Å². The van der Waals surface area contributed by atoms with Crippen molar-refractivity contribution in [2.45, 2.75) is 11.3 Å². The summed E-state index contributed by atoms with van der Waals surface area (Å²) in [4.78, 5) is 0.0318. The van der Waals surface area contributed by atoms with Crippen molar-refractivity contribution in [3.63, 3.8) is 0 Å². The molecule has 0 fully saturated rings. The van der Waals surface area contributed by atoms with Crippen LogP contribution in [0.25, 0.3) is 0 Å². The number of hydrogen-bond acceptors (Lipinski definition) is 5. The first-order chi connectivity index (χ1) is 9.51. The van der Waals surface area contributed by atoms with Crippen LogP contribution in [-0.4, -0.2) is 35.3 Å². The molecule has 6 nitrogen and oxygen atoms in total. The quantitative estimate of drug-likeness (QED) is 0.405. The Labute approximate surface area is 119 Å². The predicted molar refractivity (Wildman–Crippen MR) is 78.2 cm³/mol. The SMILES string of the molecule is C=CCCOCCNS(=O)(=O)c1ccc(OC)cc1N. The minimum Gasteiger partial charge on any atom is -0.497 e. The third-order valence-electron chi connectivity index (χ3n) is 2.51. The van der Waals surface area contributed by atoms with Crippen LogP contribution in [0.3, 0.4) is 0 Å². The van der Waals surface area contributed by atoms with Crippen LogP contribution in [0.2, 0.25) is 0 Å². The lowest BCUT2D eigenvalue weighted by Gasteiger charge is -2.10. The Morgan fingerprint density at radius 3 is 2.75 bits per heavy atom. The summed E-state index contributed by atoms with van der Waals surface area (Å²) in [5.74, 6) is 0.509. The van der Waals surface area contributed by atoms with Crippen molar-refractivity contribution in [2.24, 2.45) is 0 Å². The molecule has 1 aromatic rings. The van der Waals surface area contributed by atoms with E-state index in [1.54, 1.807) is 12.1 Å². The molecular weight excluding hydrogens is 280 g/mol. The summed E-state index contributed by atoms with van der Waals surface area (Å²) < 4.78 is 36.7. The minimum absolute atomic E-state index is 0.0318. The number of rotatable bonds is 9. The highest BCUT2D eigenvalue weighted by molar-refractivity contribution is 7.89. The molecule has 20 heavy (non-hydrogen) atoms. The maximum absolute atomic E-state index is 12.0. The average molecular weight is 300 g/mol. The monoisotopic (exact) mass is 300 g/mol. The number of nitrogens with one attached hydrogen (secondary N) is 1. The van der Waals surface area contributed by atoms with E-state index in [4.69, 9.17) is 15.2 Å². The summed E-state index contributed by atoms with van der Waals surface area (Å²) in [5, 5.41) is 0. The molecule has 0 amide bonds. The van der Waals surface area contributed by atoms with Crippen molar-refractivity contribution in [1.82, 2.24) is 4.72 Å². The second-order valence-corrected chi connectivity index (χ2v) is 5.73. The number of nitrogen functional groups attached to an aromatic ring is 1. The fourth-order valence-electron chi connectivity index (χ4n) is 1.49. The zero-order chi connectivity index (χ0) is 15.0. The van der Waals surface area contributed by atoms with E-state index in [0.717, 1.165) is 6.42 Å². The lowest BCUT2D eigenvalue weighted by molar-refractivity contribution is 0.144. The van der Waals surface area contributed by atoms with Crippen LogP contribution in [-0.2, 0) is 14.8 Å². The predicted octanol–water partition coefficient (Wildman–Crippen LogP) is 1.15. The Kier molecular flexibility index (Phi) is 6.50. The van der Waals surface area contributed by atoms with E-state index in [2.05, 4.69) is 11.3 Å². The van der Waals surface area contributed by atoms with Gasteiger partial charge in [0.2, 0.25) is 10.0 Å². The van der Waals surface area contributed by atoms with Crippen LogP contribution in [0, 0.1) is 0 Å². The molecule has 0 aliphatic heterocycles. The molecule has 1 aromatic carbocycles. The Morgan fingerprint density at radius 1 is 1.40 bits per heavy atom. The molecule has 0 spiro atoms. The van der Waals surface area contributed by atoms with E-state index < -0.39 is 10.0 Å². The van der Waals surface area contributed by atoms with Gasteiger partial charge in [0.15, 0.2) is 0 Å². The van der Waals surface area contributed by atoms with Gasteiger partial charge in [-0.05, 0) is 18.6 Å². The van der Waals surface area contributed by atoms with Crippen molar-refractivity contribution in [3.05, 3.63) is 30.9 Å². The molecule has 0 aromatic heterocycles. The smallest absolute Gasteiger partial charge is 0.242 e. The van der Waals surface area contributed by atoms with Gasteiger partial charge in [0.25, 0.3) is 0 Å². The molecule has 3 N–H and O–H groups in total. The fraction of sp³-hybridized carbons (Fsp3) is 0.385. The van der Waals surface area contributed by atoms with Crippen LogP contribution in [0.5, 0.6) is 5.75 Å². The van der Waals surface area contributed by atoms with Gasteiger partial charge in [-0.3, -0.25) is 0 Å². The first-order valence-electron chi connectivity index (χ1n) is 6.13. The lowest BCUT2D eigenvalue weighted by atomic mass is 10.3. The maximum atomic E-state index is 12.0. The Balaban J connectivity index is 2.58. The molecule has 0 atom stereocenters. The van der Waals surface area contributed by atoms with Gasteiger partial charge >= 0.3 is 0 Å². The van der Waals surface area contributed by atoms with Gasteiger partial charge < -0.3 is 15.2 Å². The average Bonchev–Trinajstić information content (AvgIpc) is 2.42. The fourth-order valence-corrected chi connectivity index (χ4v) is 2.62. The number of anilines is 1. The van der Waals surface area contributed by atoms with Gasteiger partial charge in [0, 0.05) is 12.6 Å². The lowest BCUT2D eigenvalue weighted by Crippen LogP contribution is -2.28. The molecule has 0 aliphatic rings. The number of sulfonamides is 1. The molecule has 0 radical (unpaired) electrons. The molecule has 0 heterocycles. The Morgan fingerprint density at radius 2 is 2.15 bits per heavy atom. The normalized spacial score (nSPS) is 11.2. The van der Waals surface area contributed by atoms with Crippen LogP contribution in [0.1, 0.15) is 6.42 Å². The largest absolute Gasteiger partial charge is 0.497 e. The van der Waals surface area contributed by atoms with E-state index in [1.165, 1.54) is 19.2 Å². The molecule has 0 aliphatic carbocycles. The van der Waals surface area contributed by atoms with Crippen molar-refractivity contribution in [2.75, 3.05) is 32.6 Å². The number of methoxy groups -OCH3 is 1. The first-order valence-corrected chi connectivity index (χ1v) is 7.61. The zero-order valence-corrected chi connectivity index (χ0v) is 12.3. The summed E-state index contributed by atoms with van der Waals surface area (Å²) in [6.45, 7) is 4.57. The molecule has 0 saturated carbocycles. The number of ether oxygens (including phenoxy) is 2. The first kappa shape index (κ1) is 16.5. The molecule has 0 saturated heterocycles. The number of nitrogens with two attached hydrogens (primary N) is 1. The van der Waals surface area contributed by atoms with Gasteiger partial charge in [-0.25, -0.2) is 13.1 Å². The highest BCUT2D eigenvalue weighted by Gasteiger charge is 2.17.